The maximum absolute atomic E-state index is 16.1. The van der Waals surface area contributed by atoms with Crippen molar-refractivity contribution < 1.29 is 32.9 Å². The number of methoxy groups -OCH3 is 1. The van der Waals surface area contributed by atoms with Gasteiger partial charge in [0.2, 0.25) is 5.95 Å². The van der Waals surface area contributed by atoms with Gasteiger partial charge in [-0.2, -0.15) is 4.39 Å². The normalized spacial score (nSPS) is 20.6. The van der Waals surface area contributed by atoms with E-state index in [2.05, 4.69) is 15.6 Å². The van der Waals surface area contributed by atoms with E-state index in [-0.39, 0.29) is 40.6 Å². The molecule has 2 aliphatic rings. The van der Waals surface area contributed by atoms with Gasteiger partial charge in [0, 0.05) is 27.8 Å². The van der Waals surface area contributed by atoms with Gasteiger partial charge in [-0.1, -0.05) is 12.1 Å². The van der Waals surface area contributed by atoms with Crippen LogP contribution in [0, 0.1) is 24.6 Å². The lowest BCUT2D eigenvalue weighted by atomic mass is 9.78. The number of carbonyl (C=O) groups is 1. The molecule has 5 rings (SSSR count). The molecule has 1 aromatic heterocycles. The molecule has 1 fully saturated rings. The van der Waals surface area contributed by atoms with Crippen molar-refractivity contribution in [3.8, 4) is 5.75 Å². The number of pyridine rings is 1. The lowest BCUT2D eigenvalue weighted by Crippen LogP contribution is -2.55. The second kappa shape index (κ2) is 10.4. The highest BCUT2D eigenvalue weighted by molar-refractivity contribution is 6.00. The summed E-state index contributed by atoms with van der Waals surface area (Å²) in [5, 5.41) is 29.4. The monoisotopic (exact) mass is 581 g/mol. The summed E-state index contributed by atoms with van der Waals surface area (Å²) >= 11 is 0. The summed E-state index contributed by atoms with van der Waals surface area (Å²) in [5.41, 5.74) is -3.41. The molecule has 0 radical (unpaired) electrons. The van der Waals surface area contributed by atoms with Gasteiger partial charge in [0.25, 0.3) is 5.91 Å². The molecule has 1 aliphatic heterocycles. The zero-order valence-corrected chi connectivity index (χ0v) is 24.1. The minimum absolute atomic E-state index is 0.0390. The minimum atomic E-state index is -1.64. The SMILES string of the molecule is COc1cc(C(=O)NC[C@](O)(C2=CC(C(C)(C)O)=C(F)C(C)(c3ccc(F)cc3)N2)C2CC2)cc2cc(C)c(F)nc12. The summed E-state index contributed by atoms with van der Waals surface area (Å²) in [6.45, 7) is 5.79. The molecule has 42 heavy (non-hydrogen) atoms. The van der Waals surface area contributed by atoms with E-state index in [0.29, 0.717) is 29.4 Å². The third-order valence-corrected chi connectivity index (χ3v) is 8.16. The van der Waals surface area contributed by atoms with Gasteiger partial charge >= 0.3 is 0 Å². The molecule has 1 saturated carbocycles. The Bertz CT molecular complexity index is 1630. The number of aromatic nitrogens is 1. The number of nitrogens with one attached hydrogen (secondary N) is 2. The molecule has 3 aromatic rings. The van der Waals surface area contributed by atoms with Crippen LogP contribution >= 0.6 is 0 Å². The molecule has 2 atom stereocenters. The quantitative estimate of drug-likeness (QED) is 0.276. The van der Waals surface area contributed by atoms with Crippen molar-refractivity contribution in [3.63, 3.8) is 0 Å². The van der Waals surface area contributed by atoms with Gasteiger partial charge in [-0.05, 0) is 88.4 Å². The number of hydrogen-bond acceptors (Lipinski definition) is 6. The fourth-order valence-corrected chi connectivity index (χ4v) is 5.46. The van der Waals surface area contributed by atoms with Crippen LogP contribution in [-0.2, 0) is 5.54 Å². The largest absolute Gasteiger partial charge is 0.494 e. The number of hydrogen-bond donors (Lipinski definition) is 4. The fourth-order valence-electron chi connectivity index (χ4n) is 5.46. The van der Waals surface area contributed by atoms with Crippen LogP contribution in [0.5, 0.6) is 5.75 Å². The molecule has 0 bridgehead atoms. The van der Waals surface area contributed by atoms with Crippen LogP contribution in [0.4, 0.5) is 13.2 Å². The lowest BCUT2D eigenvalue weighted by molar-refractivity contribution is 0.0385. The average Bonchev–Trinajstić information content (AvgIpc) is 3.79. The smallest absolute Gasteiger partial charge is 0.251 e. The van der Waals surface area contributed by atoms with Crippen LogP contribution in [-0.4, -0.2) is 46.0 Å². The molecule has 7 nitrogen and oxygen atoms in total. The number of rotatable bonds is 8. The third-order valence-electron chi connectivity index (χ3n) is 8.16. The van der Waals surface area contributed by atoms with Crippen LogP contribution in [0.15, 0.2) is 65.6 Å². The van der Waals surface area contributed by atoms with E-state index in [0.717, 1.165) is 0 Å². The number of aliphatic hydroxyl groups is 2. The molecule has 1 amide bonds. The minimum Gasteiger partial charge on any atom is -0.494 e. The maximum Gasteiger partial charge on any atom is 0.251 e. The topological polar surface area (TPSA) is 104 Å². The molecule has 0 spiro atoms. The first-order valence-electron chi connectivity index (χ1n) is 13.7. The molecule has 2 aromatic carbocycles. The van der Waals surface area contributed by atoms with E-state index in [9.17, 15) is 23.8 Å². The van der Waals surface area contributed by atoms with Crippen LogP contribution in [0.3, 0.4) is 0 Å². The van der Waals surface area contributed by atoms with Crippen LogP contribution < -0.4 is 15.4 Å². The molecule has 222 valence electrons. The van der Waals surface area contributed by atoms with E-state index in [1.54, 1.807) is 26.0 Å². The Kier molecular flexibility index (Phi) is 7.35. The van der Waals surface area contributed by atoms with Crippen molar-refractivity contribution in [1.29, 1.82) is 0 Å². The molecule has 4 N–H and O–H groups in total. The van der Waals surface area contributed by atoms with Crippen molar-refractivity contribution in [2.45, 2.75) is 57.3 Å². The predicted molar refractivity (Wildman–Crippen MR) is 152 cm³/mol. The molecule has 1 aliphatic carbocycles. The van der Waals surface area contributed by atoms with Crippen molar-refractivity contribution in [2.24, 2.45) is 5.92 Å². The lowest BCUT2D eigenvalue weighted by Gasteiger charge is -2.43. The zero-order chi connectivity index (χ0) is 30.6. The maximum atomic E-state index is 16.1. The summed E-state index contributed by atoms with van der Waals surface area (Å²) in [7, 11) is 1.40. The van der Waals surface area contributed by atoms with E-state index in [1.807, 2.05) is 0 Å². The van der Waals surface area contributed by atoms with Crippen LogP contribution in [0.25, 0.3) is 10.9 Å². The molecule has 1 unspecified atom stereocenters. The fraction of sp³-hybridized carbons (Fsp3) is 0.375. The Morgan fingerprint density at radius 1 is 1.14 bits per heavy atom. The van der Waals surface area contributed by atoms with Gasteiger partial charge < -0.3 is 25.6 Å². The number of carbonyl (C=O) groups excluding carboxylic acids is 1. The highest BCUT2D eigenvalue weighted by Gasteiger charge is 2.51. The van der Waals surface area contributed by atoms with Crippen LogP contribution in [0.1, 0.15) is 55.1 Å². The summed E-state index contributed by atoms with van der Waals surface area (Å²) in [6.07, 6.45) is 2.74. The van der Waals surface area contributed by atoms with Gasteiger partial charge in [-0.25, -0.2) is 13.8 Å². The van der Waals surface area contributed by atoms with E-state index in [4.69, 9.17) is 4.74 Å². The Hall–Kier alpha value is -3.89. The number of benzene rings is 2. The second-order valence-electron chi connectivity index (χ2n) is 11.8. The third kappa shape index (κ3) is 5.25. The van der Waals surface area contributed by atoms with Gasteiger partial charge in [0.05, 0.1) is 19.3 Å². The number of dihydropyridines is 1. The highest BCUT2D eigenvalue weighted by Crippen LogP contribution is 2.48. The van der Waals surface area contributed by atoms with Crippen molar-refractivity contribution >= 4 is 16.8 Å². The number of fused-ring (bicyclic) bond motifs is 1. The van der Waals surface area contributed by atoms with E-state index < -0.39 is 40.2 Å². The summed E-state index contributed by atoms with van der Waals surface area (Å²) in [4.78, 5) is 17.3. The predicted octanol–water partition coefficient (Wildman–Crippen LogP) is 5.10. The van der Waals surface area contributed by atoms with Crippen molar-refractivity contribution in [2.75, 3.05) is 13.7 Å². The number of aryl methyl sites for hydroxylation is 1. The van der Waals surface area contributed by atoms with Gasteiger partial charge in [-0.15, -0.1) is 0 Å². The Labute approximate surface area is 242 Å². The first kappa shape index (κ1) is 29.6. The van der Waals surface area contributed by atoms with Crippen LogP contribution in [0.2, 0.25) is 0 Å². The second-order valence-corrected chi connectivity index (χ2v) is 11.8. The summed E-state index contributed by atoms with van der Waals surface area (Å²) in [5.74, 6) is -2.34. The first-order chi connectivity index (χ1) is 19.7. The van der Waals surface area contributed by atoms with Crippen molar-refractivity contribution in [1.82, 2.24) is 15.6 Å². The molecular weight excluding hydrogens is 547 g/mol. The summed E-state index contributed by atoms with van der Waals surface area (Å²) in [6, 6.07) is 9.91. The number of halogens is 3. The van der Waals surface area contributed by atoms with E-state index in [1.165, 1.54) is 57.4 Å². The summed E-state index contributed by atoms with van der Waals surface area (Å²) < 4.78 is 49.3. The van der Waals surface area contributed by atoms with Gasteiger partial charge in [0.1, 0.15) is 34.1 Å². The molecule has 2 heterocycles. The number of amides is 1. The Morgan fingerprint density at radius 2 is 1.81 bits per heavy atom. The molecule has 10 heteroatoms. The zero-order valence-electron chi connectivity index (χ0n) is 24.1. The Balaban J connectivity index is 1.50. The van der Waals surface area contributed by atoms with Gasteiger partial charge in [-0.3, -0.25) is 4.79 Å². The molecule has 0 saturated heterocycles. The average molecular weight is 582 g/mol. The Morgan fingerprint density at radius 3 is 2.40 bits per heavy atom. The number of ether oxygens (including phenoxy) is 1. The highest BCUT2D eigenvalue weighted by atomic mass is 19.1. The van der Waals surface area contributed by atoms with Crippen molar-refractivity contribution in [3.05, 3.63) is 94.1 Å². The van der Waals surface area contributed by atoms with E-state index >= 15 is 4.39 Å². The molecular formula is C32H34F3N3O4. The first-order valence-corrected chi connectivity index (χ1v) is 13.7. The standard InChI is InChI=1S/C32H34F3N3O4/c1-17-12-18-13-19(14-24(42-5)26(18)37-28(17)35)29(39)36-16-32(41,21-6-7-21)25-15-23(30(2,3)40)27(34)31(4,38-25)20-8-10-22(33)11-9-20/h8-15,21,38,40-41H,6-7,16H2,1-5H3,(H,36,39)/t31?,32-/m1/s1. The van der Waals surface area contributed by atoms with Gasteiger partial charge in [0.15, 0.2) is 0 Å². The number of nitrogens with zero attached hydrogens (tertiary/aromatic N) is 1.